The maximum atomic E-state index is 12.6. The van der Waals surface area contributed by atoms with Gasteiger partial charge in [-0.2, -0.15) is 0 Å². The molecule has 1 N–H and O–H groups in total. The number of hydrogen-bond acceptors (Lipinski definition) is 5. The lowest BCUT2D eigenvalue weighted by Gasteiger charge is -2.36. The predicted octanol–water partition coefficient (Wildman–Crippen LogP) is 2.51. The Labute approximate surface area is 115 Å². The zero-order valence-electron chi connectivity index (χ0n) is 10.5. The predicted molar refractivity (Wildman–Crippen MR) is 74.0 cm³/mol. The SMILES string of the molecule is CCCN1C(=O)c2ccccc2NC1c1csnn1. The first kappa shape index (κ1) is 12.1. The fourth-order valence-corrected chi connectivity index (χ4v) is 2.76. The molecular formula is C13H14N4OS. The Morgan fingerprint density at radius 2 is 2.26 bits per heavy atom. The summed E-state index contributed by atoms with van der Waals surface area (Å²) >= 11 is 1.30. The molecule has 1 atom stereocenters. The summed E-state index contributed by atoms with van der Waals surface area (Å²) in [5.74, 6) is 0.0502. The average molecular weight is 274 g/mol. The molecule has 0 spiro atoms. The summed E-state index contributed by atoms with van der Waals surface area (Å²) in [4.78, 5) is 14.4. The molecule has 2 aromatic rings. The van der Waals surface area contributed by atoms with Crippen molar-refractivity contribution in [3.05, 3.63) is 40.9 Å². The van der Waals surface area contributed by atoms with Gasteiger partial charge in [-0.1, -0.05) is 23.5 Å². The van der Waals surface area contributed by atoms with Crippen LogP contribution in [0.4, 0.5) is 5.69 Å². The zero-order valence-corrected chi connectivity index (χ0v) is 11.4. The van der Waals surface area contributed by atoms with Crippen LogP contribution in [0.5, 0.6) is 0 Å². The number of rotatable bonds is 3. The van der Waals surface area contributed by atoms with E-state index in [1.807, 2.05) is 34.5 Å². The van der Waals surface area contributed by atoms with Gasteiger partial charge in [0, 0.05) is 17.6 Å². The highest BCUT2D eigenvalue weighted by Gasteiger charge is 2.33. The first-order chi connectivity index (χ1) is 9.31. The number of carbonyl (C=O) groups is 1. The zero-order chi connectivity index (χ0) is 13.2. The highest BCUT2D eigenvalue weighted by atomic mass is 32.1. The third-order valence-electron chi connectivity index (χ3n) is 3.14. The molecule has 1 aromatic heterocycles. The van der Waals surface area contributed by atoms with Crippen LogP contribution in [-0.4, -0.2) is 26.9 Å². The molecule has 5 nitrogen and oxygen atoms in total. The monoisotopic (exact) mass is 274 g/mol. The van der Waals surface area contributed by atoms with E-state index in [2.05, 4.69) is 21.8 Å². The number of carbonyl (C=O) groups excluding carboxylic acids is 1. The van der Waals surface area contributed by atoms with Crippen LogP contribution in [0.3, 0.4) is 0 Å². The molecule has 0 saturated carbocycles. The van der Waals surface area contributed by atoms with E-state index in [1.54, 1.807) is 0 Å². The molecule has 1 unspecified atom stereocenters. The smallest absolute Gasteiger partial charge is 0.257 e. The van der Waals surface area contributed by atoms with Crippen molar-refractivity contribution in [1.29, 1.82) is 0 Å². The number of para-hydroxylation sites is 1. The molecule has 6 heteroatoms. The first-order valence-corrected chi connectivity index (χ1v) is 7.08. The maximum Gasteiger partial charge on any atom is 0.257 e. The summed E-state index contributed by atoms with van der Waals surface area (Å²) in [6.07, 6.45) is 0.685. The molecule has 0 radical (unpaired) electrons. The third-order valence-corrected chi connectivity index (χ3v) is 3.67. The fourth-order valence-electron chi connectivity index (χ4n) is 2.29. The van der Waals surface area contributed by atoms with Gasteiger partial charge in [0.05, 0.1) is 5.56 Å². The highest BCUT2D eigenvalue weighted by molar-refractivity contribution is 7.03. The summed E-state index contributed by atoms with van der Waals surface area (Å²) in [5.41, 5.74) is 2.37. The molecule has 0 saturated heterocycles. The van der Waals surface area contributed by atoms with Gasteiger partial charge >= 0.3 is 0 Å². The van der Waals surface area contributed by atoms with E-state index >= 15 is 0 Å². The van der Waals surface area contributed by atoms with E-state index in [0.29, 0.717) is 6.54 Å². The molecule has 98 valence electrons. The molecule has 0 bridgehead atoms. The summed E-state index contributed by atoms with van der Waals surface area (Å²) < 4.78 is 3.89. The summed E-state index contributed by atoms with van der Waals surface area (Å²) in [6, 6.07) is 7.57. The van der Waals surface area contributed by atoms with Crippen molar-refractivity contribution < 1.29 is 4.79 Å². The number of nitrogens with one attached hydrogen (secondary N) is 1. The van der Waals surface area contributed by atoms with Crippen molar-refractivity contribution >= 4 is 23.1 Å². The van der Waals surface area contributed by atoms with Gasteiger partial charge in [0.1, 0.15) is 11.9 Å². The molecule has 3 rings (SSSR count). The Balaban J connectivity index is 2.03. The number of nitrogens with zero attached hydrogens (tertiary/aromatic N) is 3. The van der Waals surface area contributed by atoms with Gasteiger partial charge in [-0.15, -0.1) is 5.10 Å². The second kappa shape index (κ2) is 4.97. The van der Waals surface area contributed by atoms with E-state index in [4.69, 9.17) is 0 Å². The fraction of sp³-hybridized carbons (Fsp3) is 0.308. The van der Waals surface area contributed by atoms with E-state index in [0.717, 1.165) is 23.4 Å². The number of aromatic nitrogens is 2. The van der Waals surface area contributed by atoms with Crippen molar-refractivity contribution in [2.45, 2.75) is 19.5 Å². The molecule has 2 heterocycles. The Bertz CT molecular complexity index is 584. The minimum absolute atomic E-state index is 0.0502. The topological polar surface area (TPSA) is 58.1 Å². The van der Waals surface area contributed by atoms with Crippen LogP contribution in [0.15, 0.2) is 29.6 Å². The van der Waals surface area contributed by atoms with Crippen LogP contribution in [0.1, 0.15) is 35.6 Å². The van der Waals surface area contributed by atoms with Crippen molar-refractivity contribution in [2.24, 2.45) is 0 Å². The van der Waals surface area contributed by atoms with Gasteiger partial charge in [0.2, 0.25) is 0 Å². The molecule has 19 heavy (non-hydrogen) atoms. The molecule has 0 fully saturated rings. The second-order valence-electron chi connectivity index (χ2n) is 4.42. The van der Waals surface area contributed by atoms with Gasteiger partial charge in [0.25, 0.3) is 5.91 Å². The van der Waals surface area contributed by atoms with Gasteiger partial charge in [0.15, 0.2) is 0 Å². The first-order valence-electron chi connectivity index (χ1n) is 6.24. The van der Waals surface area contributed by atoms with E-state index in [1.165, 1.54) is 11.5 Å². The molecule has 1 amide bonds. The van der Waals surface area contributed by atoms with Crippen LogP contribution in [-0.2, 0) is 0 Å². The maximum absolute atomic E-state index is 12.6. The van der Waals surface area contributed by atoms with Crippen molar-refractivity contribution in [3.8, 4) is 0 Å². The highest BCUT2D eigenvalue weighted by Crippen LogP contribution is 2.32. The van der Waals surface area contributed by atoms with Crippen LogP contribution in [0, 0.1) is 0 Å². The van der Waals surface area contributed by atoms with E-state index in [9.17, 15) is 4.79 Å². The Morgan fingerprint density at radius 1 is 1.42 bits per heavy atom. The van der Waals surface area contributed by atoms with Crippen LogP contribution in [0.25, 0.3) is 0 Å². The van der Waals surface area contributed by atoms with Crippen LogP contribution in [0.2, 0.25) is 0 Å². The van der Waals surface area contributed by atoms with Gasteiger partial charge < -0.3 is 10.2 Å². The summed E-state index contributed by atoms with van der Waals surface area (Å²) in [6.45, 7) is 2.76. The standard InChI is InChI=1S/C13H14N4OS/c1-2-7-17-12(11-8-19-16-15-11)14-10-6-4-3-5-9(10)13(17)18/h3-6,8,12,14H,2,7H2,1H3. The normalized spacial score (nSPS) is 18.1. The lowest BCUT2D eigenvalue weighted by Crippen LogP contribution is -2.43. The molecular weight excluding hydrogens is 260 g/mol. The van der Waals surface area contributed by atoms with Crippen molar-refractivity contribution in [3.63, 3.8) is 0 Å². The largest absolute Gasteiger partial charge is 0.359 e. The van der Waals surface area contributed by atoms with Gasteiger partial charge in [-0.3, -0.25) is 4.79 Å². The van der Waals surface area contributed by atoms with Gasteiger partial charge in [-0.05, 0) is 30.1 Å². The average Bonchev–Trinajstić information content (AvgIpc) is 2.96. The second-order valence-corrected chi connectivity index (χ2v) is 5.03. The molecule has 1 aliphatic heterocycles. The van der Waals surface area contributed by atoms with Crippen LogP contribution >= 0.6 is 11.5 Å². The minimum atomic E-state index is -0.221. The van der Waals surface area contributed by atoms with Crippen LogP contribution < -0.4 is 5.32 Å². The summed E-state index contributed by atoms with van der Waals surface area (Å²) in [5, 5.41) is 9.34. The molecule has 1 aromatic carbocycles. The van der Waals surface area contributed by atoms with Gasteiger partial charge in [-0.25, -0.2) is 0 Å². The summed E-state index contributed by atoms with van der Waals surface area (Å²) in [7, 11) is 0. The van der Waals surface area contributed by atoms with Crippen molar-refractivity contribution in [2.75, 3.05) is 11.9 Å². The number of hydrogen-bond donors (Lipinski definition) is 1. The van der Waals surface area contributed by atoms with E-state index < -0.39 is 0 Å². The molecule has 0 aliphatic carbocycles. The van der Waals surface area contributed by atoms with Crippen molar-refractivity contribution in [1.82, 2.24) is 14.5 Å². The number of benzene rings is 1. The Kier molecular flexibility index (Phi) is 3.16. The molecule has 1 aliphatic rings. The lowest BCUT2D eigenvalue weighted by molar-refractivity contribution is 0.0680. The number of fused-ring (bicyclic) bond motifs is 1. The minimum Gasteiger partial charge on any atom is -0.359 e. The Hall–Kier alpha value is -1.95. The number of anilines is 1. The number of amides is 1. The lowest BCUT2D eigenvalue weighted by atomic mass is 10.1. The Morgan fingerprint density at radius 3 is 3.00 bits per heavy atom. The van der Waals surface area contributed by atoms with E-state index in [-0.39, 0.29) is 12.1 Å². The quantitative estimate of drug-likeness (QED) is 0.934. The third kappa shape index (κ3) is 2.08.